The smallest absolute Gasteiger partial charge is 0.243 e. The lowest BCUT2D eigenvalue weighted by molar-refractivity contribution is 0.396. The molecule has 1 aliphatic rings. The van der Waals surface area contributed by atoms with Crippen LogP contribution in [0.25, 0.3) is 0 Å². The number of sulfonamides is 1. The topological polar surface area (TPSA) is 62.3 Å². The van der Waals surface area contributed by atoms with Crippen molar-refractivity contribution < 1.29 is 8.42 Å². The molecular formula is C20H27N3O2S. The van der Waals surface area contributed by atoms with Gasteiger partial charge in [0.25, 0.3) is 0 Å². The van der Waals surface area contributed by atoms with Gasteiger partial charge in [-0.05, 0) is 51.3 Å². The van der Waals surface area contributed by atoms with Gasteiger partial charge in [0.15, 0.2) is 0 Å². The maximum Gasteiger partial charge on any atom is 0.243 e. The Bertz CT molecular complexity index is 850. The van der Waals surface area contributed by atoms with Gasteiger partial charge in [-0.1, -0.05) is 30.7 Å². The maximum absolute atomic E-state index is 13.2. The Morgan fingerprint density at radius 3 is 2.69 bits per heavy atom. The van der Waals surface area contributed by atoms with E-state index in [0.29, 0.717) is 11.4 Å². The molecule has 1 aliphatic heterocycles. The van der Waals surface area contributed by atoms with Gasteiger partial charge >= 0.3 is 0 Å². The first-order valence-electron chi connectivity index (χ1n) is 9.23. The van der Waals surface area contributed by atoms with Crippen molar-refractivity contribution in [3.8, 4) is 0 Å². The minimum atomic E-state index is -3.53. The van der Waals surface area contributed by atoms with E-state index < -0.39 is 10.0 Å². The van der Waals surface area contributed by atoms with Crippen LogP contribution in [0, 0.1) is 6.92 Å². The highest BCUT2D eigenvalue weighted by Crippen LogP contribution is 2.39. The lowest BCUT2D eigenvalue weighted by atomic mass is 10.1. The number of benzene rings is 1. The fourth-order valence-corrected chi connectivity index (χ4v) is 5.00. The molecule has 5 nitrogen and oxygen atoms in total. The lowest BCUT2D eigenvalue weighted by Gasteiger charge is -2.26. The Morgan fingerprint density at radius 2 is 2.00 bits per heavy atom. The van der Waals surface area contributed by atoms with Crippen molar-refractivity contribution in [2.45, 2.75) is 57.0 Å². The van der Waals surface area contributed by atoms with E-state index in [1.165, 1.54) is 0 Å². The zero-order chi connectivity index (χ0) is 18.7. The molecular weight excluding hydrogens is 346 g/mol. The summed E-state index contributed by atoms with van der Waals surface area (Å²) in [7, 11) is -3.53. The van der Waals surface area contributed by atoms with Crippen LogP contribution < -0.4 is 5.32 Å². The minimum absolute atomic E-state index is 0.179. The first-order chi connectivity index (χ1) is 12.4. The van der Waals surface area contributed by atoms with E-state index in [2.05, 4.69) is 24.1 Å². The zero-order valence-corrected chi connectivity index (χ0v) is 16.5. The number of aromatic nitrogens is 1. The van der Waals surface area contributed by atoms with E-state index in [4.69, 9.17) is 0 Å². The molecule has 0 saturated carbocycles. The van der Waals surface area contributed by atoms with Crippen molar-refractivity contribution in [2.24, 2.45) is 0 Å². The SMILES string of the molecule is CC[C@H](C)Nc1ncccc1[C@@H]1CCCN1S(=O)(=O)c1ccc(C)cc1. The summed E-state index contributed by atoms with van der Waals surface area (Å²) in [4.78, 5) is 4.84. The fourth-order valence-electron chi connectivity index (χ4n) is 3.33. The Kier molecular flexibility index (Phi) is 5.63. The molecule has 2 heterocycles. The monoisotopic (exact) mass is 373 g/mol. The van der Waals surface area contributed by atoms with Gasteiger partial charge in [0, 0.05) is 24.3 Å². The molecule has 1 aromatic carbocycles. The summed E-state index contributed by atoms with van der Waals surface area (Å²) in [5.74, 6) is 0.790. The summed E-state index contributed by atoms with van der Waals surface area (Å²) in [6.45, 7) is 6.72. The third-order valence-electron chi connectivity index (χ3n) is 5.02. The third-order valence-corrected chi connectivity index (χ3v) is 6.95. The number of nitrogens with zero attached hydrogens (tertiary/aromatic N) is 2. The van der Waals surface area contributed by atoms with Crippen LogP contribution in [0.5, 0.6) is 0 Å². The van der Waals surface area contributed by atoms with Gasteiger partial charge in [0.1, 0.15) is 5.82 Å². The van der Waals surface area contributed by atoms with Gasteiger partial charge in [-0.15, -0.1) is 0 Å². The molecule has 0 amide bonds. The first-order valence-corrected chi connectivity index (χ1v) is 10.7. The maximum atomic E-state index is 13.2. The molecule has 0 aliphatic carbocycles. The summed E-state index contributed by atoms with van der Waals surface area (Å²) in [5.41, 5.74) is 2.01. The van der Waals surface area contributed by atoms with Crippen LogP contribution in [0.2, 0.25) is 0 Å². The molecule has 1 fully saturated rings. The molecule has 0 radical (unpaired) electrons. The first kappa shape index (κ1) is 18.9. The van der Waals surface area contributed by atoms with Crippen LogP contribution in [0.3, 0.4) is 0 Å². The second kappa shape index (κ2) is 7.76. The summed E-state index contributed by atoms with van der Waals surface area (Å²) >= 11 is 0. The molecule has 1 N–H and O–H groups in total. The van der Waals surface area contributed by atoms with Crippen molar-refractivity contribution in [1.29, 1.82) is 0 Å². The fraction of sp³-hybridized carbons (Fsp3) is 0.450. The van der Waals surface area contributed by atoms with Crippen molar-refractivity contribution >= 4 is 15.8 Å². The Balaban J connectivity index is 1.95. The van der Waals surface area contributed by atoms with Crippen LogP contribution in [-0.2, 0) is 10.0 Å². The number of anilines is 1. The van der Waals surface area contributed by atoms with E-state index >= 15 is 0 Å². The standard InChI is InChI=1S/C20H27N3O2S/c1-4-16(3)22-20-18(7-5-13-21-20)19-8-6-14-23(19)26(24,25)17-11-9-15(2)10-12-17/h5,7,9-13,16,19H,4,6,8,14H2,1-3H3,(H,21,22)/t16-,19-/m0/s1. The third kappa shape index (κ3) is 3.76. The molecule has 0 bridgehead atoms. The van der Waals surface area contributed by atoms with Gasteiger partial charge < -0.3 is 5.32 Å². The second-order valence-electron chi connectivity index (χ2n) is 6.98. The van der Waals surface area contributed by atoms with Crippen molar-refractivity contribution in [2.75, 3.05) is 11.9 Å². The van der Waals surface area contributed by atoms with Gasteiger partial charge in [-0.2, -0.15) is 4.31 Å². The summed E-state index contributed by atoms with van der Waals surface area (Å²) in [6.07, 6.45) is 4.40. The molecule has 1 aromatic heterocycles. The molecule has 2 aromatic rings. The summed E-state index contributed by atoms with van der Waals surface area (Å²) in [5, 5.41) is 3.42. The van der Waals surface area contributed by atoms with Crippen molar-refractivity contribution in [3.05, 3.63) is 53.7 Å². The second-order valence-corrected chi connectivity index (χ2v) is 8.87. The number of rotatable bonds is 6. The Labute approximate surface area is 156 Å². The van der Waals surface area contributed by atoms with Crippen LogP contribution in [-0.4, -0.2) is 30.3 Å². The van der Waals surface area contributed by atoms with Crippen LogP contribution in [0.15, 0.2) is 47.5 Å². The van der Waals surface area contributed by atoms with Gasteiger partial charge in [-0.3, -0.25) is 0 Å². The number of nitrogens with one attached hydrogen (secondary N) is 1. The highest BCUT2D eigenvalue weighted by Gasteiger charge is 2.37. The average Bonchev–Trinajstić information content (AvgIpc) is 3.13. The predicted molar refractivity (Wildman–Crippen MR) is 105 cm³/mol. The molecule has 140 valence electrons. The normalized spacial score (nSPS) is 19.4. The van der Waals surface area contributed by atoms with Crippen LogP contribution in [0.1, 0.15) is 50.3 Å². The highest BCUT2D eigenvalue weighted by molar-refractivity contribution is 7.89. The van der Waals surface area contributed by atoms with E-state index in [-0.39, 0.29) is 12.1 Å². The molecule has 2 atom stereocenters. The zero-order valence-electron chi connectivity index (χ0n) is 15.6. The van der Waals surface area contributed by atoms with Crippen molar-refractivity contribution in [3.63, 3.8) is 0 Å². The Hall–Kier alpha value is -1.92. The van der Waals surface area contributed by atoms with Gasteiger partial charge in [0.2, 0.25) is 10.0 Å². The lowest BCUT2D eigenvalue weighted by Crippen LogP contribution is -2.31. The van der Waals surface area contributed by atoms with Crippen LogP contribution in [0.4, 0.5) is 5.82 Å². The summed E-state index contributed by atoms with van der Waals surface area (Å²) < 4.78 is 28.0. The number of hydrogen-bond donors (Lipinski definition) is 1. The number of pyridine rings is 1. The minimum Gasteiger partial charge on any atom is -0.367 e. The van der Waals surface area contributed by atoms with Crippen molar-refractivity contribution in [1.82, 2.24) is 9.29 Å². The molecule has 0 unspecified atom stereocenters. The number of hydrogen-bond acceptors (Lipinski definition) is 4. The predicted octanol–water partition coefficient (Wildman–Crippen LogP) is 4.13. The average molecular weight is 374 g/mol. The number of aryl methyl sites for hydroxylation is 1. The molecule has 1 saturated heterocycles. The van der Waals surface area contributed by atoms with Gasteiger partial charge in [-0.25, -0.2) is 13.4 Å². The van der Waals surface area contributed by atoms with E-state index in [9.17, 15) is 8.42 Å². The van der Waals surface area contributed by atoms with E-state index in [0.717, 1.165) is 36.2 Å². The van der Waals surface area contributed by atoms with E-state index in [1.807, 2.05) is 31.2 Å². The quantitative estimate of drug-likeness (QED) is 0.827. The van der Waals surface area contributed by atoms with E-state index in [1.54, 1.807) is 22.6 Å². The van der Waals surface area contributed by atoms with Crippen LogP contribution >= 0.6 is 0 Å². The van der Waals surface area contributed by atoms with Gasteiger partial charge in [0.05, 0.1) is 10.9 Å². The Morgan fingerprint density at radius 1 is 1.27 bits per heavy atom. The molecule has 3 rings (SSSR count). The highest BCUT2D eigenvalue weighted by atomic mass is 32.2. The molecule has 6 heteroatoms. The largest absolute Gasteiger partial charge is 0.367 e. The molecule has 26 heavy (non-hydrogen) atoms. The molecule has 0 spiro atoms. The summed E-state index contributed by atoms with van der Waals surface area (Å²) in [6, 6.07) is 11.1.